The van der Waals surface area contributed by atoms with Gasteiger partial charge in [-0.25, -0.2) is 4.79 Å². The molecule has 7 amide bonds. The number of benzene rings is 2. The Hall–Kier alpha value is -6.00. The van der Waals surface area contributed by atoms with Crippen molar-refractivity contribution in [2.45, 2.75) is 121 Å². The van der Waals surface area contributed by atoms with Crippen LogP contribution >= 0.6 is 0 Å². The lowest BCUT2D eigenvalue weighted by Gasteiger charge is -2.39. The number of likely N-dealkylation sites (tertiary alicyclic amines) is 3. The van der Waals surface area contributed by atoms with E-state index in [1.165, 1.54) is 38.0 Å². The molecule has 17 nitrogen and oxygen atoms in total. The molecule has 17 heteroatoms. The van der Waals surface area contributed by atoms with Gasteiger partial charge in [-0.15, -0.1) is 0 Å². The maximum Gasteiger partial charge on any atom is 0.410 e. The van der Waals surface area contributed by atoms with Crippen LogP contribution in [0.2, 0.25) is 0 Å². The van der Waals surface area contributed by atoms with E-state index in [2.05, 4.69) is 0 Å². The molecule has 4 atom stereocenters. The minimum Gasteiger partial charge on any atom is -0.481 e. The van der Waals surface area contributed by atoms with Crippen molar-refractivity contribution in [3.63, 3.8) is 0 Å². The number of hydrogen-bond donors (Lipinski definition) is 1. The summed E-state index contributed by atoms with van der Waals surface area (Å²) < 4.78 is 5.95. The normalized spacial score (nSPS) is 17.8. The Balaban J connectivity index is 1.22. The minimum atomic E-state index is -1.36. The molecule has 0 aromatic heterocycles. The molecule has 0 saturated carbocycles. The molecule has 1 aliphatic carbocycles. The van der Waals surface area contributed by atoms with E-state index >= 15 is 0 Å². The molecule has 0 spiro atoms. The van der Waals surface area contributed by atoms with E-state index < -0.39 is 96.9 Å². The summed E-state index contributed by atoms with van der Waals surface area (Å²) in [7, 11) is 5.67. The van der Waals surface area contributed by atoms with Crippen molar-refractivity contribution in [1.82, 2.24) is 34.3 Å². The summed E-state index contributed by atoms with van der Waals surface area (Å²) in [6.07, 6.45) is 4.82. The second-order valence-electron chi connectivity index (χ2n) is 19.3. The molecule has 1 N–H and O–H groups in total. The highest BCUT2D eigenvalue weighted by atomic mass is 16.6. The molecule has 3 heterocycles. The van der Waals surface area contributed by atoms with Gasteiger partial charge in [0.05, 0.1) is 19.3 Å². The molecule has 0 unspecified atom stereocenters. The van der Waals surface area contributed by atoms with Crippen LogP contribution in [0, 0.1) is 5.92 Å². The number of hydrogen-bond acceptors (Lipinski definition) is 9. The summed E-state index contributed by atoms with van der Waals surface area (Å²) in [6.45, 7) is 6.19. The number of nitrogens with zero attached hydrogens (tertiary/aromatic N) is 7. The van der Waals surface area contributed by atoms with Crippen molar-refractivity contribution < 1.29 is 48.2 Å². The number of carbonyl (C=O) groups is 8. The predicted octanol–water partition coefficient (Wildman–Crippen LogP) is 4.67. The van der Waals surface area contributed by atoms with Gasteiger partial charge in [-0.05, 0) is 86.0 Å². The zero-order valence-electron chi connectivity index (χ0n) is 40.8. The molecular weight excluding hydrogens is 871 g/mol. The summed E-state index contributed by atoms with van der Waals surface area (Å²) in [5, 5.41) is 9.81. The van der Waals surface area contributed by atoms with E-state index in [4.69, 9.17) is 4.74 Å². The second kappa shape index (κ2) is 23.3. The third-order valence-corrected chi connectivity index (χ3v) is 14.4. The number of piperidine rings is 3. The van der Waals surface area contributed by atoms with Gasteiger partial charge in [0.15, 0.2) is 0 Å². The van der Waals surface area contributed by atoms with Crippen molar-refractivity contribution in [1.29, 1.82) is 0 Å². The lowest BCUT2D eigenvalue weighted by molar-refractivity contribution is -0.155. The first-order valence-electron chi connectivity index (χ1n) is 24.5. The van der Waals surface area contributed by atoms with E-state index in [0.29, 0.717) is 39.3 Å². The smallest absolute Gasteiger partial charge is 0.410 e. The Kier molecular flexibility index (Phi) is 17.6. The number of ether oxygens (including phenoxy) is 1. The molecule has 3 fully saturated rings. The summed E-state index contributed by atoms with van der Waals surface area (Å²) in [4.78, 5) is 122. The molecule has 0 radical (unpaired) electrons. The van der Waals surface area contributed by atoms with Gasteiger partial charge in [-0.3, -0.25) is 38.5 Å². The largest absolute Gasteiger partial charge is 0.481 e. The summed E-state index contributed by atoms with van der Waals surface area (Å²) in [5.41, 5.74) is 4.22. The van der Waals surface area contributed by atoms with E-state index in [-0.39, 0.29) is 12.5 Å². The van der Waals surface area contributed by atoms with Crippen LogP contribution < -0.4 is 0 Å². The minimum absolute atomic E-state index is 0.0352. The SMILES string of the molecule is CC(C)[C@H](C(=O)N(C)[C@@H](CC(=O)N(C)[C@@H](CC(=O)N(C)[C@@H](CC(=O)O)C(=O)N1CCCCC1)C(=O)N1CCCCC1)C(=O)N1CCCCC1)N(C)C(=O)OCC1c2ccccc2-c2ccccc21. The maximum absolute atomic E-state index is 14.8. The Labute approximate surface area is 400 Å². The predicted molar refractivity (Wildman–Crippen MR) is 254 cm³/mol. The number of rotatable bonds is 17. The number of aliphatic carboxylic acids is 1. The van der Waals surface area contributed by atoms with Crippen LogP contribution in [0.15, 0.2) is 48.5 Å². The van der Waals surface area contributed by atoms with Crippen LogP contribution in [-0.4, -0.2) is 185 Å². The Morgan fingerprint density at radius 2 is 0.912 bits per heavy atom. The van der Waals surface area contributed by atoms with Crippen molar-refractivity contribution >= 4 is 47.5 Å². The zero-order valence-corrected chi connectivity index (χ0v) is 40.8. The topological polar surface area (TPSA) is 189 Å². The van der Waals surface area contributed by atoms with Crippen LogP contribution in [0.5, 0.6) is 0 Å². The molecule has 3 saturated heterocycles. The van der Waals surface area contributed by atoms with Gasteiger partial charge in [0.2, 0.25) is 35.4 Å². The number of amides is 7. The van der Waals surface area contributed by atoms with Crippen molar-refractivity contribution in [2.24, 2.45) is 5.92 Å². The highest BCUT2D eigenvalue weighted by Gasteiger charge is 2.43. The lowest BCUT2D eigenvalue weighted by Crippen LogP contribution is -2.59. The highest BCUT2D eigenvalue weighted by molar-refractivity contribution is 5.97. The van der Waals surface area contributed by atoms with Gasteiger partial charge in [-0.2, -0.15) is 0 Å². The van der Waals surface area contributed by atoms with E-state index in [1.54, 1.807) is 28.5 Å². The Bertz CT molecular complexity index is 2120. The zero-order chi connectivity index (χ0) is 49.2. The van der Waals surface area contributed by atoms with Crippen LogP contribution in [0.25, 0.3) is 11.1 Å². The monoisotopic (exact) mass is 942 g/mol. The maximum atomic E-state index is 14.8. The fraction of sp³-hybridized carbons (Fsp3) is 0.608. The summed E-state index contributed by atoms with van der Waals surface area (Å²) in [6, 6.07) is 10.9. The van der Waals surface area contributed by atoms with E-state index in [0.717, 1.165) is 89.8 Å². The van der Waals surface area contributed by atoms with Gasteiger partial charge in [-0.1, -0.05) is 62.4 Å². The Morgan fingerprint density at radius 1 is 0.544 bits per heavy atom. The molecular formula is C51H71N7O10. The van der Waals surface area contributed by atoms with Crippen LogP contribution in [0.4, 0.5) is 4.79 Å². The average Bonchev–Trinajstić information content (AvgIpc) is 3.68. The molecule has 2 aromatic rings. The van der Waals surface area contributed by atoms with Crippen molar-refractivity contribution in [3.8, 4) is 11.1 Å². The number of likely N-dealkylation sites (N-methyl/N-ethyl adjacent to an activating group) is 4. The third kappa shape index (κ3) is 11.8. The summed E-state index contributed by atoms with van der Waals surface area (Å²) >= 11 is 0. The first-order valence-corrected chi connectivity index (χ1v) is 24.5. The number of carboxylic acid groups (broad SMARTS) is 1. The van der Waals surface area contributed by atoms with Crippen LogP contribution in [-0.2, 0) is 38.3 Å². The van der Waals surface area contributed by atoms with Crippen LogP contribution in [0.1, 0.15) is 108 Å². The highest BCUT2D eigenvalue weighted by Crippen LogP contribution is 2.44. The van der Waals surface area contributed by atoms with Crippen molar-refractivity contribution in [2.75, 3.05) is 74.1 Å². The number of carboxylic acids is 1. The molecule has 6 rings (SSSR count). The van der Waals surface area contributed by atoms with E-state index in [9.17, 15) is 43.5 Å². The van der Waals surface area contributed by atoms with Gasteiger partial charge < -0.3 is 39.2 Å². The van der Waals surface area contributed by atoms with Gasteiger partial charge in [0, 0.05) is 73.4 Å². The quantitative estimate of drug-likeness (QED) is 0.234. The fourth-order valence-corrected chi connectivity index (χ4v) is 10.3. The molecule has 2 aromatic carbocycles. The second-order valence-corrected chi connectivity index (χ2v) is 19.3. The Morgan fingerprint density at radius 3 is 1.29 bits per heavy atom. The fourth-order valence-electron chi connectivity index (χ4n) is 10.3. The third-order valence-electron chi connectivity index (χ3n) is 14.4. The molecule has 3 aliphatic heterocycles. The standard InChI is InChI=1S/C51H71N7O10/c1-34(2)46(55(6)51(67)68-33-39-37-22-12-10-20-35(37)36-21-11-13-23-38(36)39)50(66)54(5)41(48(64)57-26-16-8-17-27-57)31-44(60)52(3)40(47(63)56-24-14-7-15-25-56)30-43(59)53(4)42(32-45(61)62)49(65)58-28-18-9-19-29-58/h10-13,20-23,34,39-42,46H,7-9,14-19,24-33H2,1-6H3,(H,61,62)/t40-,41-,42-,46+/m0/s1. The van der Waals surface area contributed by atoms with Gasteiger partial charge in [0.1, 0.15) is 30.8 Å². The molecule has 68 heavy (non-hydrogen) atoms. The molecule has 4 aliphatic rings. The van der Waals surface area contributed by atoms with Gasteiger partial charge >= 0.3 is 12.1 Å². The number of carbonyl (C=O) groups excluding carboxylic acids is 7. The van der Waals surface area contributed by atoms with Crippen molar-refractivity contribution in [3.05, 3.63) is 59.7 Å². The first-order chi connectivity index (χ1) is 32.5. The summed E-state index contributed by atoms with van der Waals surface area (Å²) in [5.74, 6) is -5.28. The molecule has 0 bridgehead atoms. The number of fused-ring (bicyclic) bond motifs is 3. The first kappa shape index (κ1) is 51.4. The lowest BCUT2D eigenvalue weighted by atomic mass is 9.98. The average molecular weight is 942 g/mol. The molecule has 370 valence electrons. The van der Waals surface area contributed by atoms with Crippen LogP contribution in [0.3, 0.4) is 0 Å². The van der Waals surface area contributed by atoms with Gasteiger partial charge in [0.25, 0.3) is 0 Å². The van der Waals surface area contributed by atoms with E-state index in [1.807, 2.05) is 48.5 Å².